The van der Waals surface area contributed by atoms with Gasteiger partial charge < -0.3 is 24.7 Å². The minimum atomic E-state index is -2.02. The summed E-state index contributed by atoms with van der Waals surface area (Å²) in [6, 6.07) is 13.1. The van der Waals surface area contributed by atoms with E-state index in [1.807, 2.05) is 42.5 Å². The van der Waals surface area contributed by atoms with Crippen LogP contribution in [0.4, 0.5) is 5.69 Å². The van der Waals surface area contributed by atoms with Crippen molar-refractivity contribution in [2.75, 3.05) is 12.4 Å². The lowest BCUT2D eigenvalue weighted by molar-refractivity contribution is 0.385. The van der Waals surface area contributed by atoms with Gasteiger partial charge in [0, 0.05) is 18.2 Å². The zero-order valence-electron chi connectivity index (χ0n) is 20.2. The zero-order chi connectivity index (χ0) is 24.4. The van der Waals surface area contributed by atoms with Crippen molar-refractivity contribution >= 4 is 31.2 Å². The van der Waals surface area contributed by atoms with E-state index in [2.05, 4.69) is 49.3 Å². The largest absolute Gasteiger partial charge is 0.541 e. The Kier molecular flexibility index (Phi) is 7.13. The van der Waals surface area contributed by atoms with Gasteiger partial charge in [0.25, 0.3) is 8.32 Å². The van der Waals surface area contributed by atoms with Crippen LogP contribution in [0, 0.1) is 6.92 Å². The monoisotopic (exact) mass is 484 g/mol. The van der Waals surface area contributed by atoms with E-state index in [1.54, 1.807) is 14.0 Å². The molecule has 3 aromatic rings. The van der Waals surface area contributed by atoms with E-state index in [0.717, 1.165) is 22.6 Å². The lowest BCUT2D eigenvalue weighted by Gasteiger charge is -2.36. The molecular formula is C24H32N4O3SSi. The minimum absolute atomic E-state index is 0.0754. The predicted molar refractivity (Wildman–Crippen MR) is 138 cm³/mol. The molecule has 0 bridgehead atoms. The average molecular weight is 485 g/mol. The number of thiocarbonyl (C=S) groups is 1. The number of methoxy groups -OCH3 is 1. The third-order valence-corrected chi connectivity index (χ3v) is 10.5. The molecule has 1 unspecified atom stereocenters. The first kappa shape index (κ1) is 24.7. The van der Waals surface area contributed by atoms with Gasteiger partial charge in [-0.3, -0.25) is 0 Å². The van der Waals surface area contributed by atoms with Crippen LogP contribution in [-0.2, 0) is 0 Å². The van der Waals surface area contributed by atoms with E-state index in [9.17, 15) is 0 Å². The summed E-state index contributed by atoms with van der Waals surface area (Å²) in [7, 11) is -0.378. The van der Waals surface area contributed by atoms with E-state index in [1.165, 1.54) is 0 Å². The highest BCUT2D eigenvalue weighted by atomic mass is 32.1. The van der Waals surface area contributed by atoms with Crippen LogP contribution in [-0.4, -0.2) is 30.6 Å². The fraction of sp³-hybridized carbons (Fsp3) is 0.375. The van der Waals surface area contributed by atoms with E-state index in [0.29, 0.717) is 22.5 Å². The summed E-state index contributed by atoms with van der Waals surface area (Å²) in [4.78, 5) is 4.58. The van der Waals surface area contributed by atoms with Gasteiger partial charge in [-0.05, 0) is 60.1 Å². The van der Waals surface area contributed by atoms with Gasteiger partial charge in [0.15, 0.2) is 5.75 Å². The molecule has 3 N–H and O–H groups in total. The highest BCUT2D eigenvalue weighted by Gasteiger charge is 2.39. The number of ether oxygens (including phenoxy) is 1. The Labute approximate surface area is 201 Å². The molecule has 3 rings (SSSR count). The minimum Gasteiger partial charge on any atom is -0.541 e. The quantitative estimate of drug-likeness (QED) is 0.302. The van der Waals surface area contributed by atoms with Crippen LogP contribution in [0.2, 0.25) is 18.1 Å². The molecule has 33 heavy (non-hydrogen) atoms. The van der Waals surface area contributed by atoms with Gasteiger partial charge in [-0.15, -0.1) is 0 Å². The Balaban J connectivity index is 1.84. The molecule has 0 saturated heterocycles. The van der Waals surface area contributed by atoms with Crippen LogP contribution >= 0.6 is 12.2 Å². The second-order valence-electron chi connectivity index (χ2n) is 9.47. The van der Waals surface area contributed by atoms with Crippen molar-refractivity contribution in [3.63, 3.8) is 0 Å². The Morgan fingerprint density at radius 2 is 1.79 bits per heavy atom. The molecule has 1 atom stereocenters. The summed E-state index contributed by atoms with van der Waals surface area (Å²) in [6.07, 6.45) is 0. The topological polar surface area (TPSA) is 95.4 Å². The number of hydrogen-bond donors (Lipinski definition) is 2. The lowest BCUT2D eigenvalue weighted by atomic mass is 10.1. The molecule has 7 nitrogen and oxygen atoms in total. The number of aryl methyl sites for hydroxylation is 1. The van der Waals surface area contributed by atoms with Crippen LogP contribution in [0.25, 0.3) is 11.4 Å². The Hall–Kier alpha value is -2.91. The molecular weight excluding hydrogens is 452 g/mol. The molecule has 9 heteroatoms. The maximum atomic E-state index is 6.47. The third kappa shape index (κ3) is 5.72. The SMILES string of the molecule is COc1cc(C(Nc2ccc(-c3noc(C)n3)cc2)C(N)=S)ccc1O[Si](C)(C)C(C)(C)C. The van der Waals surface area contributed by atoms with E-state index >= 15 is 0 Å². The van der Waals surface area contributed by atoms with Gasteiger partial charge in [-0.1, -0.05) is 44.2 Å². The normalized spacial score (nSPS) is 12.8. The fourth-order valence-corrected chi connectivity index (χ4v) is 4.21. The maximum Gasteiger partial charge on any atom is 0.250 e. The first-order valence-electron chi connectivity index (χ1n) is 10.7. The highest BCUT2D eigenvalue weighted by molar-refractivity contribution is 7.80. The number of benzene rings is 2. The van der Waals surface area contributed by atoms with Crippen molar-refractivity contribution < 1.29 is 13.7 Å². The zero-order valence-corrected chi connectivity index (χ0v) is 22.0. The van der Waals surface area contributed by atoms with Crippen molar-refractivity contribution in [1.29, 1.82) is 0 Å². The van der Waals surface area contributed by atoms with E-state index in [-0.39, 0.29) is 11.1 Å². The van der Waals surface area contributed by atoms with Crippen molar-refractivity contribution in [1.82, 2.24) is 10.1 Å². The van der Waals surface area contributed by atoms with E-state index < -0.39 is 8.32 Å². The Bertz CT molecular complexity index is 1120. The first-order chi connectivity index (χ1) is 15.4. The predicted octanol–water partition coefficient (Wildman–Crippen LogP) is 5.88. The van der Waals surface area contributed by atoms with Gasteiger partial charge in [0.1, 0.15) is 16.8 Å². The number of anilines is 1. The molecule has 176 valence electrons. The second kappa shape index (κ2) is 9.52. The molecule has 0 aliphatic carbocycles. The summed E-state index contributed by atoms with van der Waals surface area (Å²) in [6.45, 7) is 12.8. The van der Waals surface area contributed by atoms with E-state index in [4.69, 9.17) is 31.6 Å². The van der Waals surface area contributed by atoms with Gasteiger partial charge in [0.2, 0.25) is 11.7 Å². The summed E-state index contributed by atoms with van der Waals surface area (Å²) in [5.41, 5.74) is 8.71. The Morgan fingerprint density at radius 3 is 2.30 bits per heavy atom. The number of rotatable bonds is 8. The fourth-order valence-electron chi connectivity index (χ4n) is 2.99. The van der Waals surface area contributed by atoms with Gasteiger partial charge in [-0.2, -0.15) is 4.98 Å². The van der Waals surface area contributed by atoms with Crippen molar-refractivity contribution in [2.45, 2.75) is 51.9 Å². The number of nitrogens with two attached hydrogens (primary N) is 1. The Morgan fingerprint density at radius 1 is 1.12 bits per heavy atom. The van der Waals surface area contributed by atoms with Crippen LogP contribution in [0.5, 0.6) is 11.5 Å². The second-order valence-corrected chi connectivity index (χ2v) is 14.7. The van der Waals surface area contributed by atoms with Crippen molar-refractivity contribution in [3.05, 3.63) is 53.9 Å². The van der Waals surface area contributed by atoms with Crippen LogP contribution < -0.4 is 20.2 Å². The van der Waals surface area contributed by atoms with Gasteiger partial charge >= 0.3 is 0 Å². The molecule has 0 fully saturated rings. The van der Waals surface area contributed by atoms with Gasteiger partial charge in [-0.25, -0.2) is 0 Å². The maximum absolute atomic E-state index is 6.47. The standard InChI is InChI=1S/C24H32N4O3SSi/c1-15-26-23(28-30-15)16-8-11-18(12-9-16)27-21(22(25)32)17-10-13-19(20(14-17)29-5)31-33(6,7)24(2,3)4/h8-14,21,27H,1-7H3,(H2,25,32). The lowest BCUT2D eigenvalue weighted by Crippen LogP contribution is -2.43. The molecule has 0 amide bonds. The van der Waals surface area contributed by atoms with Crippen LogP contribution in [0.3, 0.4) is 0 Å². The van der Waals surface area contributed by atoms with Crippen molar-refractivity contribution in [2.24, 2.45) is 5.73 Å². The summed E-state index contributed by atoms with van der Waals surface area (Å²) in [5.74, 6) is 2.46. The average Bonchev–Trinajstić information content (AvgIpc) is 3.18. The first-order valence-corrected chi connectivity index (χ1v) is 14.1. The van der Waals surface area contributed by atoms with Crippen LogP contribution in [0.1, 0.15) is 38.3 Å². The number of nitrogens with zero attached hydrogens (tertiary/aromatic N) is 2. The third-order valence-electron chi connectivity index (χ3n) is 5.96. The number of nitrogens with one attached hydrogen (secondary N) is 1. The molecule has 0 radical (unpaired) electrons. The number of aromatic nitrogens is 2. The van der Waals surface area contributed by atoms with Gasteiger partial charge in [0.05, 0.1) is 7.11 Å². The smallest absolute Gasteiger partial charge is 0.250 e. The molecule has 1 heterocycles. The molecule has 0 saturated carbocycles. The molecule has 0 spiro atoms. The summed E-state index contributed by atoms with van der Waals surface area (Å²) < 4.78 is 17.2. The highest BCUT2D eigenvalue weighted by Crippen LogP contribution is 2.40. The molecule has 1 aromatic heterocycles. The summed E-state index contributed by atoms with van der Waals surface area (Å²) >= 11 is 5.37. The number of hydrogen-bond acceptors (Lipinski definition) is 7. The molecule has 0 aliphatic heterocycles. The molecule has 2 aromatic carbocycles. The summed E-state index contributed by atoms with van der Waals surface area (Å²) in [5, 5.41) is 7.43. The molecule has 0 aliphatic rings. The van der Waals surface area contributed by atoms with Crippen molar-refractivity contribution in [3.8, 4) is 22.9 Å². The van der Waals surface area contributed by atoms with Crippen LogP contribution in [0.15, 0.2) is 47.0 Å².